The summed E-state index contributed by atoms with van der Waals surface area (Å²) in [4.78, 5) is 20.1. The number of carbonyl (C=O) groups excluding carboxylic acids is 1. The van der Waals surface area contributed by atoms with E-state index < -0.39 is 17.4 Å². The third-order valence-corrected chi connectivity index (χ3v) is 8.07. The molecule has 0 amide bonds. The van der Waals surface area contributed by atoms with Crippen LogP contribution < -0.4 is 14.9 Å². The maximum absolute atomic E-state index is 13.8. The van der Waals surface area contributed by atoms with Gasteiger partial charge in [-0.05, 0) is 40.2 Å². The molecular formula is C20H20F2IN8O2PS. The molecule has 3 heterocycles. The summed E-state index contributed by atoms with van der Waals surface area (Å²) < 4.78 is 44.2. The third-order valence-electron chi connectivity index (χ3n) is 5.04. The van der Waals surface area contributed by atoms with Gasteiger partial charge in [-0.2, -0.15) is 5.10 Å². The van der Waals surface area contributed by atoms with Crippen molar-refractivity contribution in [2.75, 3.05) is 28.2 Å². The van der Waals surface area contributed by atoms with Gasteiger partial charge >= 0.3 is 0 Å². The van der Waals surface area contributed by atoms with Gasteiger partial charge in [-0.3, -0.25) is 18.1 Å². The summed E-state index contributed by atoms with van der Waals surface area (Å²) in [5.41, 5.74) is 2.32. The molecule has 4 aromatic rings. The molecule has 15 heteroatoms. The van der Waals surface area contributed by atoms with Crippen molar-refractivity contribution in [3.8, 4) is 0 Å². The number of halogens is 3. The van der Waals surface area contributed by atoms with E-state index in [1.165, 1.54) is 14.9 Å². The number of nitrogens with zero attached hydrogens (tertiary/aromatic N) is 6. The number of rotatable bonds is 9. The Kier molecular flexibility index (Phi) is 7.62. The lowest BCUT2D eigenvalue weighted by Gasteiger charge is -2.21. The van der Waals surface area contributed by atoms with Gasteiger partial charge in [0, 0.05) is 44.2 Å². The molecule has 0 saturated carbocycles. The first-order valence-corrected chi connectivity index (χ1v) is 15.6. The molecule has 0 radical (unpaired) electrons. The van der Waals surface area contributed by atoms with Crippen molar-refractivity contribution in [2.24, 2.45) is 7.05 Å². The fourth-order valence-electron chi connectivity index (χ4n) is 3.34. The van der Waals surface area contributed by atoms with Crippen molar-refractivity contribution >= 4 is 85.5 Å². The van der Waals surface area contributed by atoms with Crippen LogP contribution in [0.4, 0.5) is 37.5 Å². The molecule has 184 valence electrons. The quantitative estimate of drug-likeness (QED) is 0.153. The van der Waals surface area contributed by atoms with Crippen molar-refractivity contribution in [1.29, 1.82) is 0 Å². The predicted octanol–water partition coefficient (Wildman–Crippen LogP) is 4.92. The van der Waals surface area contributed by atoms with Crippen molar-refractivity contribution in [1.82, 2.24) is 24.1 Å². The Morgan fingerprint density at radius 2 is 1.94 bits per heavy atom. The van der Waals surface area contributed by atoms with Crippen LogP contribution in [-0.4, -0.2) is 47.9 Å². The number of nitrogens with one attached hydrogen (secondary N) is 2. The zero-order valence-electron chi connectivity index (χ0n) is 18.7. The van der Waals surface area contributed by atoms with Crippen LogP contribution in [0.3, 0.4) is 0 Å². The Morgan fingerprint density at radius 3 is 2.54 bits per heavy atom. The highest BCUT2D eigenvalue weighted by molar-refractivity contribution is 14.2. The van der Waals surface area contributed by atoms with Crippen molar-refractivity contribution in [2.45, 2.75) is 6.43 Å². The van der Waals surface area contributed by atoms with E-state index in [2.05, 4.69) is 25.7 Å². The molecule has 3 aromatic heterocycles. The summed E-state index contributed by atoms with van der Waals surface area (Å²) in [7, 11) is 2.02. The summed E-state index contributed by atoms with van der Waals surface area (Å²) in [5, 5.41) is 10.6. The lowest BCUT2D eigenvalue weighted by Crippen LogP contribution is -2.20. The van der Waals surface area contributed by atoms with Crippen LogP contribution in [0.2, 0.25) is 0 Å². The number of carbonyl (C=O) groups is 1. The average molecular weight is 632 g/mol. The molecule has 0 fully saturated rings. The molecule has 0 bridgehead atoms. The standard InChI is InChI=1S/C20H20F2IN8O2PS/c1-29-7-6-15(28-29)25-16-9-13(17-19(26-16)31(34-23)20(27-17)18(21)22)24-12-5-4-11(10-32)8-14(12)30(2)35(3)33/h4-10,18,34H,1-3H3,(H2,24,25,26,28). The monoisotopic (exact) mass is 632 g/mol. The Bertz CT molecular complexity index is 1430. The van der Waals surface area contributed by atoms with Gasteiger partial charge in [0.25, 0.3) is 6.43 Å². The zero-order valence-corrected chi connectivity index (χ0v) is 22.6. The minimum Gasteiger partial charge on any atom is -0.352 e. The largest absolute Gasteiger partial charge is 0.352 e. The first-order valence-electron chi connectivity index (χ1n) is 10.00. The van der Waals surface area contributed by atoms with Crippen LogP contribution in [0.25, 0.3) is 11.2 Å². The summed E-state index contributed by atoms with van der Waals surface area (Å²) in [6, 6.07) is 8.25. The highest BCUT2D eigenvalue weighted by atomic mass is 127. The van der Waals surface area contributed by atoms with Gasteiger partial charge in [-0.25, -0.2) is 23.0 Å². The van der Waals surface area contributed by atoms with E-state index >= 15 is 0 Å². The van der Waals surface area contributed by atoms with Crippen molar-refractivity contribution < 1.29 is 17.8 Å². The van der Waals surface area contributed by atoms with Crippen LogP contribution in [-0.2, 0) is 18.0 Å². The number of hydrogen-bond acceptors (Lipinski definition) is 7. The number of benzene rings is 1. The van der Waals surface area contributed by atoms with E-state index in [9.17, 15) is 17.8 Å². The summed E-state index contributed by atoms with van der Waals surface area (Å²) >= 11 is 2.01. The van der Waals surface area contributed by atoms with E-state index in [0.29, 0.717) is 40.5 Å². The molecule has 2 N–H and O–H groups in total. The van der Waals surface area contributed by atoms with Crippen LogP contribution >= 0.6 is 28.4 Å². The van der Waals surface area contributed by atoms with Crippen LogP contribution in [0.5, 0.6) is 0 Å². The molecule has 2 atom stereocenters. The topological polar surface area (TPSA) is 110 Å². The molecule has 2 unspecified atom stereocenters. The van der Waals surface area contributed by atoms with Gasteiger partial charge in [0.2, 0.25) is 0 Å². The van der Waals surface area contributed by atoms with Gasteiger partial charge < -0.3 is 10.6 Å². The number of pyridine rings is 1. The molecule has 0 aliphatic rings. The Hall–Kier alpha value is -2.71. The van der Waals surface area contributed by atoms with Gasteiger partial charge in [0.05, 0.1) is 23.4 Å². The number of aromatic nitrogens is 5. The van der Waals surface area contributed by atoms with E-state index in [4.69, 9.17) is 0 Å². The minimum absolute atomic E-state index is 0.0599. The Labute approximate surface area is 216 Å². The minimum atomic E-state index is -2.79. The molecule has 0 aliphatic carbocycles. The molecule has 10 nitrogen and oxygen atoms in total. The number of aryl methyl sites for hydroxylation is 1. The first kappa shape index (κ1) is 25.4. The van der Waals surface area contributed by atoms with Crippen LogP contribution in [0.1, 0.15) is 22.6 Å². The Morgan fingerprint density at radius 1 is 1.17 bits per heavy atom. The van der Waals surface area contributed by atoms with Gasteiger partial charge in [0.1, 0.15) is 28.6 Å². The first-order chi connectivity index (χ1) is 16.7. The number of aldehydes is 1. The molecule has 0 spiro atoms. The van der Waals surface area contributed by atoms with Gasteiger partial charge in [0.15, 0.2) is 17.3 Å². The highest BCUT2D eigenvalue weighted by Crippen LogP contribution is 2.39. The summed E-state index contributed by atoms with van der Waals surface area (Å²) in [6.45, 7) is 0. The highest BCUT2D eigenvalue weighted by Gasteiger charge is 2.23. The second-order valence-electron chi connectivity index (χ2n) is 7.36. The lowest BCUT2D eigenvalue weighted by atomic mass is 10.1. The predicted molar refractivity (Wildman–Crippen MR) is 144 cm³/mol. The smallest absolute Gasteiger partial charge is 0.295 e. The number of hydrogen-bond donors (Lipinski definition) is 2. The zero-order chi connectivity index (χ0) is 25.3. The van der Waals surface area contributed by atoms with Crippen molar-refractivity contribution in [3.63, 3.8) is 0 Å². The molecule has 0 saturated heterocycles. The summed E-state index contributed by atoms with van der Waals surface area (Å²) in [5.74, 6) is 0.509. The van der Waals surface area contributed by atoms with E-state index in [-0.39, 0.29) is 23.4 Å². The second-order valence-corrected chi connectivity index (χ2v) is 10.8. The SMILES string of the molecule is CN(c1cc(C=O)ccc1Nc1cc(Nc2ccn(C)n2)nc2c1nc(C(F)F)n2PI)S(C)=O. The van der Waals surface area contributed by atoms with Crippen molar-refractivity contribution in [3.05, 3.63) is 47.9 Å². The fraction of sp³-hybridized carbons (Fsp3) is 0.200. The molecule has 35 heavy (non-hydrogen) atoms. The fourth-order valence-corrected chi connectivity index (χ4v) is 5.66. The Balaban J connectivity index is 1.89. The maximum Gasteiger partial charge on any atom is 0.295 e. The average Bonchev–Trinajstić information content (AvgIpc) is 3.41. The van der Waals surface area contributed by atoms with E-state index in [1.54, 1.807) is 55.3 Å². The van der Waals surface area contributed by atoms with Gasteiger partial charge in [-0.1, -0.05) is 0 Å². The molecule has 4 rings (SSSR count). The van der Waals surface area contributed by atoms with E-state index in [0.717, 1.165) is 0 Å². The molecular weight excluding hydrogens is 612 g/mol. The number of fused-ring (bicyclic) bond motifs is 1. The lowest BCUT2D eigenvalue weighted by molar-refractivity contribution is 0.112. The van der Waals surface area contributed by atoms with Crippen LogP contribution in [0, 0.1) is 0 Å². The number of imidazole rings is 1. The number of anilines is 5. The second kappa shape index (κ2) is 10.5. The summed E-state index contributed by atoms with van der Waals surface area (Å²) in [6.07, 6.45) is 1.11. The van der Waals surface area contributed by atoms with Crippen LogP contribution in [0.15, 0.2) is 36.5 Å². The number of alkyl halides is 2. The maximum atomic E-state index is 13.8. The normalized spacial score (nSPS) is 12.5. The third kappa shape index (κ3) is 5.28. The molecule has 0 aliphatic heterocycles. The molecule has 1 aromatic carbocycles. The van der Waals surface area contributed by atoms with Gasteiger partial charge in [-0.15, -0.1) is 0 Å². The van der Waals surface area contributed by atoms with E-state index in [1.807, 2.05) is 22.0 Å².